The second-order valence-corrected chi connectivity index (χ2v) is 4.08. The van der Waals surface area contributed by atoms with E-state index in [9.17, 15) is 22.4 Å². The first-order valence-electron chi connectivity index (χ1n) is 5.95. The summed E-state index contributed by atoms with van der Waals surface area (Å²) in [5, 5.41) is 2.36. The molecule has 0 heterocycles. The Bertz CT molecular complexity index is 517. The number of carbonyl (C=O) groups is 1. The first kappa shape index (κ1) is 16.0. The molecule has 1 aromatic carbocycles. The van der Waals surface area contributed by atoms with Gasteiger partial charge in [-0.3, -0.25) is 4.79 Å². The number of halogens is 4. The van der Waals surface area contributed by atoms with E-state index in [0.29, 0.717) is 25.3 Å². The van der Waals surface area contributed by atoms with Gasteiger partial charge in [0.2, 0.25) is 0 Å². The van der Waals surface area contributed by atoms with E-state index in [2.05, 4.69) is 11.2 Å². The topological polar surface area (TPSA) is 29.1 Å². The Labute approximate surface area is 114 Å². The highest BCUT2D eigenvalue weighted by atomic mass is 19.4. The maximum Gasteiger partial charge on any atom is 0.419 e. The highest BCUT2D eigenvalue weighted by Gasteiger charge is 2.35. The molecule has 1 N–H and O–H groups in total. The molecular weight excluding hydrogens is 274 g/mol. The molecule has 1 aromatic rings. The Hall–Kier alpha value is -2.03. The molecular formula is C14H13F4NO. The molecule has 0 unspecified atom stereocenters. The predicted octanol–water partition coefficient (Wildman–Crippen LogP) is 3.38. The lowest BCUT2D eigenvalue weighted by Gasteiger charge is -2.11. The van der Waals surface area contributed by atoms with Crippen LogP contribution in [0.3, 0.4) is 0 Å². The Balaban J connectivity index is 2.72. The molecule has 0 fully saturated rings. The number of alkyl halides is 3. The van der Waals surface area contributed by atoms with Crippen molar-refractivity contribution in [3.05, 3.63) is 35.1 Å². The molecule has 20 heavy (non-hydrogen) atoms. The third-order valence-electron chi connectivity index (χ3n) is 2.58. The van der Waals surface area contributed by atoms with Gasteiger partial charge < -0.3 is 5.32 Å². The molecule has 0 aliphatic rings. The summed E-state index contributed by atoms with van der Waals surface area (Å²) in [5.41, 5.74) is -2.06. The van der Waals surface area contributed by atoms with Crippen molar-refractivity contribution < 1.29 is 22.4 Å². The molecule has 0 atom stereocenters. The van der Waals surface area contributed by atoms with Crippen molar-refractivity contribution in [2.24, 2.45) is 0 Å². The van der Waals surface area contributed by atoms with Crippen molar-refractivity contribution in [2.45, 2.75) is 25.4 Å². The van der Waals surface area contributed by atoms with Gasteiger partial charge in [0.05, 0.1) is 11.1 Å². The summed E-state index contributed by atoms with van der Waals surface area (Å²) < 4.78 is 51.1. The van der Waals surface area contributed by atoms with Gasteiger partial charge in [-0.15, -0.1) is 12.3 Å². The fraction of sp³-hybridized carbons (Fsp3) is 0.357. The zero-order chi connectivity index (χ0) is 15.2. The SMILES string of the molecule is C#CCCCCNC(=O)c1cccc(C(F)(F)F)c1F. The zero-order valence-corrected chi connectivity index (χ0v) is 10.6. The summed E-state index contributed by atoms with van der Waals surface area (Å²) in [5.74, 6) is 0.00210. The number of carbonyl (C=O) groups excluding carboxylic acids is 1. The number of hydrogen-bond acceptors (Lipinski definition) is 1. The molecule has 0 aliphatic heterocycles. The second-order valence-electron chi connectivity index (χ2n) is 4.08. The molecule has 1 amide bonds. The summed E-state index contributed by atoms with van der Waals surface area (Å²) in [4.78, 5) is 11.6. The number of unbranched alkanes of at least 4 members (excludes halogenated alkanes) is 2. The molecule has 0 bridgehead atoms. The van der Waals surface area contributed by atoms with Crippen LogP contribution in [-0.2, 0) is 6.18 Å². The standard InChI is InChI=1S/C14H13F4NO/c1-2-3-4-5-9-19-13(20)10-7-6-8-11(12(10)15)14(16,17)18/h1,6-8H,3-5,9H2,(H,19,20). The third kappa shape index (κ3) is 4.26. The van der Waals surface area contributed by atoms with Crippen LogP contribution >= 0.6 is 0 Å². The average Bonchev–Trinajstić information content (AvgIpc) is 2.37. The van der Waals surface area contributed by atoms with Gasteiger partial charge in [-0.25, -0.2) is 4.39 Å². The van der Waals surface area contributed by atoms with Crippen molar-refractivity contribution in [1.29, 1.82) is 0 Å². The lowest BCUT2D eigenvalue weighted by atomic mass is 10.1. The van der Waals surface area contributed by atoms with E-state index in [1.165, 1.54) is 0 Å². The minimum Gasteiger partial charge on any atom is -0.352 e. The highest BCUT2D eigenvalue weighted by molar-refractivity contribution is 5.94. The van der Waals surface area contributed by atoms with E-state index in [-0.39, 0.29) is 6.54 Å². The van der Waals surface area contributed by atoms with Crippen molar-refractivity contribution in [3.8, 4) is 12.3 Å². The Morgan fingerprint density at radius 3 is 2.60 bits per heavy atom. The van der Waals surface area contributed by atoms with Gasteiger partial charge in [-0.1, -0.05) is 6.07 Å². The Kier molecular flexibility index (Phi) is 5.56. The van der Waals surface area contributed by atoms with Crippen molar-refractivity contribution in [1.82, 2.24) is 5.32 Å². The molecule has 0 radical (unpaired) electrons. The minimum absolute atomic E-state index is 0.232. The van der Waals surface area contributed by atoms with E-state index < -0.39 is 29.0 Å². The number of benzene rings is 1. The van der Waals surface area contributed by atoms with Gasteiger partial charge >= 0.3 is 6.18 Å². The molecule has 0 saturated carbocycles. The maximum absolute atomic E-state index is 13.6. The second kappa shape index (κ2) is 6.94. The molecule has 0 aromatic heterocycles. The van der Waals surface area contributed by atoms with Gasteiger partial charge in [-0.05, 0) is 25.0 Å². The van der Waals surface area contributed by atoms with Gasteiger partial charge in [0, 0.05) is 13.0 Å². The van der Waals surface area contributed by atoms with Gasteiger partial charge in [0.1, 0.15) is 5.82 Å². The van der Waals surface area contributed by atoms with Gasteiger partial charge in [-0.2, -0.15) is 13.2 Å². The number of rotatable bonds is 5. The first-order valence-corrected chi connectivity index (χ1v) is 5.95. The van der Waals surface area contributed by atoms with Crippen LogP contribution in [0.4, 0.5) is 17.6 Å². The normalized spacial score (nSPS) is 10.9. The summed E-state index contributed by atoms with van der Waals surface area (Å²) in [6, 6.07) is 2.61. The molecule has 2 nitrogen and oxygen atoms in total. The van der Waals surface area contributed by atoms with Gasteiger partial charge in [0.25, 0.3) is 5.91 Å². The maximum atomic E-state index is 13.6. The minimum atomic E-state index is -4.83. The third-order valence-corrected chi connectivity index (χ3v) is 2.58. The fourth-order valence-corrected chi connectivity index (χ4v) is 1.58. The smallest absolute Gasteiger partial charge is 0.352 e. The van der Waals surface area contributed by atoms with Crippen molar-refractivity contribution >= 4 is 5.91 Å². The number of nitrogens with one attached hydrogen (secondary N) is 1. The van der Waals surface area contributed by atoms with E-state index >= 15 is 0 Å². The zero-order valence-electron chi connectivity index (χ0n) is 10.6. The summed E-state index contributed by atoms with van der Waals surface area (Å²) in [6.45, 7) is 0.232. The lowest BCUT2D eigenvalue weighted by Crippen LogP contribution is -2.26. The van der Waals surface area contributed by atoms with E-state index in [0.717, 1.165) is 12.1 Å². The molecule has 0 saturated heterocycles. The Morgan fingerprint density at radius 1 is 1.30 bits per heavy atom. The van der Waals surface area contributed by atoms with Crippen molar-refractivity contribution in [2.75, 3.05) is 6.54 Å². The highest BCUT2D eigenvalue weighted by Crippen LogP contribution is 2.32. The quantitative estimate of drug-likeness (QED) is 0.502. The predicted molar refractivity (Wildman–Crippen MR) is 66.4 cm³/mol. The lowest BCUT2D eigenvalue weighted by molar-refractivity contribution is -0.140. The van der Waals surface area contributed by atoms with Crippen molar-refractivity contribution in [3.63, 3.8) is 0 Å². The molecule has 108 valence electrons. The number of terminal acetylenes is 1. The van der Waals surface area contributed by atoms with Crippen LogP contribution in [0, 0.1) is 18.2 Å². The monoisotopic (exact) mass is 287 g/mol. The van der Waals surface area contributed by atoms with Gasteiger partial charge in [0.15, 0.2) is 0 Å². The summed E-state index contributed by atoms with van der Waals surface area (Å²) in [6.07, 6.45) is 2.03. The largest absolute Gasteiger partial charge is 0.419 e. The Morgan fingerprint density at radius 2 is 2.00 bits per heavy atom. The van der Waals surface area contributed by atoms with Crippen LogP contribution in [0.5, 0.6) is 0 Å². The fourth-order valence-electron chi connectivity index (χ4n) is 1.58. The number of hydrogen-bond donors (Lipinski definition) is 1. The average molecular weight is 287 g/mol. The molecule has 1 rings (SSSR count). The van der Waals surface area contributed by atoms with E-state index in [1.54, 1.807) is 0 Å². The summed E-state index contributed by atoms with van der Waals surface area (Å²) in [7, 11) is 0. The van der Waals surface area contributed by atoms with Crippen LogP contribution in [0.1, 0.15) is 35.2 Å². The molecule has 0 spiro atoms. The van der Waals surface area contributed by atoms with E-state index in [1.807, 2.05) is 0 Å². The van der Waals surface area contributed by atoms with Crippen LogP contribution in [-0.4, -0.2) is 12.5 Å². The summed E-state index contributed by atoms with van der Waals surface area (Å²) >= 11 is 0. The van der Waals surface area contributed by atoms with Crippen LogP contribution in [0.2, 0.25) is 0 Å². The van der Waals surface area contributed by atoms with Crippen LogP contribution < -0.4 is 5.32 Å². The van der Waals surface area contributed by atoms with Crippen LogP contribution in [0.25, 0.3) is 0 Å². The van der Waals surface area contributed by atoms with E-state index in [4.69, 9.17) is 6.42 Å². The molecule has 6 heteroatoms. The number of amides is 1. The molecule has 0 aliphatic carbocycles. The first-order chi connectivity index (χ1) is 9.38. The van der Waals surface area contributed by atoms with Crippen LogP contribution in [0.15, 0.2) is 18.2 Å².